The zero-order valence-electron chi connectivity index (χ0n) is 14.5. The standard InChI is InChI=1S/C20H18N4O2S/c25-19(13-7-3-1-4-8-13)17-15(11-21-23-17)27-16-12-22-24-18(16)20(26)14-9-5-2-6-10-14/h1-10,15-16,21-22H,11-12H2. The lowest BCUT2D eigenvalue weighted by Crippen LogP contribution is -2.33. The number of carbonyl (C=O) groups is 2. The molecule has 136 valence electrons. The predicted octanol–water partition coefficient (Wildman–Crippen LogP) is 2.14. The van der Waals surface area contributed by atoms with E-state index >= 15 is 0 Å². The molecule has 0 amide bonds. The fourth-order valence-electron chi connectivity index (χ4n) is 3.06. The Morgan fingerprint density at radius 3 is 1.56 bits per heavy atom. The predicted molar refractivity (Wildman–Crippen MR) is 108 cm³/mol. The van der Waals surface area contributed by atoms with E-state index in [0.717, 1.165) is 0 Å². The molecule has 0 saturated carbocycles. The third-order valence-corrected chi connectivity index (χ3v) is 5.87. The molecule has 0 aromatic heterocycles. The molecule has 2 atom stereocenters. The molecule has 0 fully saturated rings. The van der Waals surface area contributed by atoms with Gasteiger partial charge in [-0.05, 0) is 0 Å². The van der Waals surface area contributed by atoms with Gasteiger partial charge in [0, 0.05) is 11.1 Å². The molecule has 2 heterocycles. The van der Waals surface area contributed by atoms with Crippen molar-refractivity contribution in [2.75, 3.05) is 13.1 Å². The van der Waals surface area contributed by atoms with Crippen molar-refractivity contribution in [3.05, 3.63) is 71.8 Å². The van der Waals surface area contributed by atoms with Gasteiger partial charge in [0.05, 0.1) is 23.6 Å². The summed E-state index contributed by atoms with van der Waals surface area (Å²) < 4.78 is 0. The molecule has 2 unspecified atom stereocenters. The van der Waals surface area contributed by atoms with Gasteiger partial charge in [-0.1, -0.05) is 60.7 Å². The second kappa shape index (κ2) is 7.75. The van der Waals surface area contributed by atoms with Gasteiger partial charge in [0.2, 0.25) is 11.6 Å². The van der Waals surface area contributed by atoms with Gasteiger partial charge in [0.1, 0.15) is 11.4 Å². The van der Waals surface area contributed by atoms with Gasteiger partial charge in [-0.2, -0.15) is 10.2 Å². The molecule has 27 heavy (non-hydrogen) atoms. The van der Waals surface area contributed by atoms with Crippen LogP contribution in [0.15, 0.2) is 70.9 Å². The maximum atomic E-state index is 12.8. The zero-order valence-corrected chi connectivity index (χ0v) is 15.3. The minimum absolute atomic E-state index is 0.0862. The molecule has 2 N–H and O–H groups in total. The van der Waals surface area contributed by atoms with E-state index < -0.39 is 0 Å². The van der Waals surface area contributed by atoms with E-state index in [2.05, 4.69) is 21.1 Å². The van der Waals surface area contributed by atoms with Crippen LogP contribution < -0.4 is 10.9 Å². The Balaban J connectivity index is 1.48. The average Bonchev–Trinajstić information content (AvgIpc) is 3.38. The van der Waals surface area contributed by atoms with E-state index in [1.54, 1.807) is 36.0 Å². The van der Waals surface area contributed by atoms with Gasteiger partial charge in [0.15, 0.2) is 0 Å². The molecule has 2 aromatic rings. The first kappa shape index (κ1) is 17.5. The second-order valence-electron chi connectivity index (χ2n) is 6.22. The molecule has 2 aliphatic heterocycles. The van der Waals surface area contributed by atoms with Crippen molar-refractivity contribution in [3.8, 4) is 0 Å². The smallest absolute Gasteiger partial charge is 0.210 e. The molecule has 7 heteroatoms. The lowest BCUT2D eigenvalue weighted by atomic mass is 10.0. The Hall–Kier alpha value is -2.93. The van der Waals surface area contributed by atoms with E-state index in [-0.39, 0.29) is 22.1 Å². The summed E-state index contributed by atoms with van der Waals surface area (Å²) in [6.07, 6.45) is 0. The number of ketones is 2. The molecule has 2 aliphatic rings. The van der Waals surface area contributed by atoms with Crippen LogP contribution in [0.4, 0.5) is 0 Å². The molecule has 6 nitrogen and oxygen atoms in total. The Bertz CT molecular complexity index is 837. The second-order valence-corrected chi connectivity index (χ2v) is 7.63. The van der Waals surface area contributed by atoms with Crippen LogP contribution >= 0.6 is 11.8 Å². The highest BCUT2D eigenvalue weighted by molar-refractivity contribution is 8.02. The highest BCUT2D eigenvalue weighted by Gasteiger charge is 2.36. The number of benzene rings is 2. The first-order chi connectivity index (χ1) is 13.2. The van der Waals surface area contributed by atoms with Crippen LogP contribution in [-0.2, 0) is 0 Å². The quantitative estimate of drug-likeness (QED) is 0.753. The topological polar surface area (TPSA) is 82.9 Å². The summed E-state index contributed by atoms with van der Waals surface area (Å²) in [6.45, 7) is 1.11. The highest BCUT2D eigenvalue weighted by Crippen LogP contribution is 2.26. The lowest BCUT2D eigenvalue weighted by Gasteiger charge is -2.16. The number of nitrogens with zero attached hydrogens (tertiary/aromatic N) is 2. The minimum Gasteiger partial charge on any atom is -0.308 e. The Labute approximate surface area is 161 Å². The third-order valence-electron chi connectivity index (χ3n) is 4.43. The van der Waals surface area contributed by atoms with Gasteiger partial charge in [0.25, 0.3) is 0 Å². The molecule has 0 aliphatic carbocycles. The van der Waals surface area contributed by atoms with Gasteiger partial charge in [-0.25, -0.2) is 0 Å². The maximum absolute atomic E-state index is 12.8. The van der Waals surface area contributed by atoms with Crippen LogP contribution in [0.1, 0.15) is 20.7 Å². The molecule has 0 saturated heterocycles. The Kier molecular flexibility index (Phi) is 5.02. The van der Waals surface area contributed by atoms with Gasteiger partial charge in [-0.15, -0.1) is 11.8 Å². The number of hydrazone groups is 2. The molecular formula is C20H18N4O2S. The number of thioether (sulfide) groups is 1. The number of nitrogens with one attached hydrogen (secondary N) is 2. The van der Waals surface area contributed by atoms with E-state index in [0.29, 0.717) is 35.6 Å². The van der Waals surface area contributed by atoms with Gasteiger partial charge >= 0.3 is 0 Å². The van der Waals surface area contributed by atoms with E-state index in [1.807, 2.05) is 36.4 Å². The van der Waals surface area contributed by atoms with Crippen molar-refractivity contribution in [3.63, 3.8) is 0 Å². The first-order valence-electron chi connectivity index (χ1n) is 8.70. The number of rotatable bonds is 6. The molecule has 0 bridgehead atoms. The average molecular weight is 378 g/mol. The first-order valence-corrected chi connectivity index (χ1v) is 9.64. The number of carbonyl (C=O) groups excluding carboxylic acids is 2. The van der Waals surface area contributed by atoms with Crippen LogP contribution in [0.25, 0.3) is 0 Å². The fourth-order valence-corrected chi connectivity index (χ4v) is 4.37. The number of Topliss-reactive ketones (excluding diaryl/α,β-unsaturated/α-hetero) is 2. The molecule has 4 rings (SSSR count). The number of hydrogen-bond acceptors (Lipinski definition) is 7. The zero-order chi connectivity index (χ0) is 18.6. The third kappa shape index (κ3) is 3.64. The molecule has 0 radical (unpaired) electrons. The van der Waals surface area contributed by atoms with Crippen LogP contribution in [0.3, 0.4) is 0 Å². The normalized spacial score (nSPS) is 21.0. The summed E-state index contributed by atoms with van der Waals surface area (Å²) in [7, 11) is 0. The van der Waals surface area contributed by atoms with Gasteiger partial charge in [-0.3, -0.25) is 9.59 Å². The van der Waals surface area contributed by atoms with E-state index in [4.69, 9.17) is 0 Å². The molecular weight excluding hydrogens is 360 g/mol. The van der Waals surface area contributed by atoms with Crippen molar-refractivity contribution in [2.24, 2.45) is 10.2 Å². The van der Waals surface area contributed by atoms with Crippen molar-refractivity contribution in [1.82, 2.24) is 10.9 Å². The van der Waals surface area contributed by atoms with Crippen molar-refractivity contribution >= 4 is 34.8 Å². The van der Waals surface area contributed by atoms with Crippen LogP contribution in [-0.4, -0.2) is 46.6 Å². The van der Waals surface area contributed by atoms with Crippen LogP contribution in [0.5, 0.6) is 0 Å². The maximum Gasteiger partial charge on any atom is 0.210 e. The lowest BCUT2D eigenvalue weighted by molar-refractivity contribution is 0.105. The fraction of sp³-hybridized carbons (Fsp3) is 0.200. The van der Waals surface area contributed by atoms with E-state index in [9.17, 15) is 9.59 Å². The monoisotopic (exact) mass is 378 g/mol. The minimum atomic E-state index is -0.128. The van der Waals surface area contributed by atoms with Crippen molar-refractivity contribution < 1.29 is 9.59 Å². The summed E-state index contributed by atoms with van der Waals surface area (Å²) in [5.74, 6) is -0.172. The SMILES string of the molecule is O=C(C1=NNCC1SC1CNN=C1C(=O)c1ccccc1)c1ccccc1. The van der Waals surface area contributed by atoms with Crippen LogP contribution in [0.2, 0.25) is 0 Å². The summed E-state index contributed by atoms with van der Waals surface area (Å²) >= 11 is 1.55. The Morgan fingerprint density at radius 2 is 1.15 bits per heavy atom. The van der Waals surface area contributed by atoms with Crippen molar-refractivity contribution in [1.29, 1.82) is 0 Å². The summed E-state index contributed by atoms with van der Waals surface area (Å²) in [6, 6.07) is 18.2. The summed E-state index contributed by atoms with van der Waals surface area (Å²) in [5.41, 5.74) is 8.06. The largest absolute Gasteiger partial charge is 0.308 e. The molecule has 2 aromatic carbocycles. The number of hydrogen-bond donors (Lipinski definition) is 2. The van der Waals surface area contributed by atoms with Crippen molar-refractivity contribution in [2.45, 2.75) is 10.5 Å². The molecule has 0 spiro atoms. The Morgan fingerprint density at radius 1 is 0.741 bits per heavy atom. The van der Waals surface area contributed by atoms with Gasteiger partial charge < -0.3 is 10.9 Å². The summed E-state index contributed by atoms with van der Waals surface area (Å²) in [5, 5.41) is 8.17. The van der Waals surface area contributed by atoms with Crippen LogP contribution in [0, 0.1) is 0 Å². The van der Waals surface area contributed by atoms with E-state index in [1.165, 1.54) is 0 Å². The highest BCUT2D eigenvalue weighted by atomic mass is 32.2. The summed E-state index contributed by atoms with van der Waals surface area (Å²) in [4.78, 5) is 25.5.